The maximum absolute atomic E-state index is 12.3. The van der Waals surface area contributed by atoms with Gasteiger partial charge in [-0.2, -0.15) is 0 Å². The SMILES string of the molecule is CC1CCCN(CCCCNC(=O)c2ccc3nc(Cl)ccc3c2)C1. The van der Waals surface area contributed by atoms with Crippen LogP contribution in [0.1, 0.15) is 43.0 Å². The first-order valence-electron chi connectivity index (χ1n) is 9.19. The van der Waals surface area contributed by atoms with E-state index in [1.807, 2.05) is 18.2 Å². The zero-order chi connectivity index (χ0) is 17.6. The third kappa shape index (κ3) is 5.16. The van der Waals surface area contributed by atoms with E-state index in [0.717, 1.165) is 42.8 Å². The van der Waals surface area contributed by atoms with Crippen LogP contribution in [0.5, 0.6) is 0 Å². The van der Waals surface area contributed by atoms with Crippen molar-refractivity contribution >= 4 is 28.4 Å². The molecule has 1 aliphatic heterocycles. The monoisotopic (exact) mass is 359 g/mol. The minimum atomic E-state index is -0.0246. The lowest BCUT2D eigenvalue weighted by Crippen LogP contribution is -2.35. The predicted molar refractivity (Wildman–Crippen MR) is 103 cm³/mol. The second-order valence-corrected chi connectivity index (χ2v) is 7.44. The lowest BCUT2D eigenvalue weighted by Gasteiger charge is -2.30. The van der Waals surface area contributed by atoms with Gasteiger partial charge in [0.05, 0.1) is 5.52 Å². The molecule has 3 rings (SSSR count). The lowest BCUT2D eigenvalue weighted by molar-refractivity contribution is 0.0952. The van der Waals surface area contributed by atoms with Gasteiger partial charge in [0.25, 0.3) is 5.91 Å². The molecule has 0 saturated carbocycles. The van der Waals surface area contributed by atoms with Crippen LogP contribution >= 0.6 is 11.6 Å². The molecule has 0 spiro atoms. The van der Waals surface area contributed by atoms with E-state index in [1.165, 1.54) is 25.9 Å². The summed E-state index contributed by atoms with van der Waals surface area (Å²) in [6, 6.07) is 9.14. The number of rotatable bonds is 6. The molecule has 1 fully saturated rings. The van der Waals surface area contributed by atoms with Crippen LogP contribution in [0.2, 0.25) is 5.15 Å². The van der Waals surface area contributed by atoms with Gasteiger partial charge in [0.2, 0.25) is 0 Å². The summed E-state index contributed by atoms with van der Waals surface area (Å²) in [7, 11) is 0. The first-order chi connectivity index (χ1) is 12.1. The van der Waals surface area contributed by atoms with E-state index < -0.39 is 0 Å². The number of hydrogen-bond donors (Lipinski definition) is 1. The van der Waals surface area contributed by atoms with Gasteiger partial charge in [0.15, 0.2) is 0 Å². The zero-order valence-corrected chi connectivity index (χ0v) is 15.6. The van der Waals surface area contributed by atoms with E-state index >= 15 is 0 Å². The third-order valence-corrected chi connectivity index (χ3v) is 5.06. The van der Waals surface area contributed by atoms with Gasteiger partial charge in [-0.05, 0) is 75.0 Å². The van der Waals surface area contributed by atoms with Crippen molar-refractivity contribution in [3.8, 4) is 0 Å². The van der Waals surface area contributed by atoms with Crippen molar-refractivity contribution in [2.75, 3.05) is 26.2 Å². The Balaban J connectivity index is 1.42. The van der Waals surface area contributed by atoms with Gasteiger partial charge in [-0.1, -0.05) is 18.5 Å². The fraction of sp³-hybridized carbons (Fsp3) is 0.500. The zero-order valence-electron chi connectivity index (χ0n) is 14.8. The number of pyridine rings is 1. The highest BCUT2D eigenvalue weighted by Crippen LogP contribution is 2.17. The van der Waals surface area contributed by atoms with Crippen LogP contribution < -0.4 is 5.32 Å². The van der Waals surface area contributed by atoms with Gasteiger partial charge >= 0.3 is 0 Å². The van der Waals surface area contributed by atoms with Crippen molar-refractivity contribution in [1.29, 1.82) is 0 Å². The summed E-state index contributed by atoms with van der Waals surface area (Å²) in [6.45, 7) is 6.65. The normalized spacial score (nSPS) is 18.4. The molecule has 1 aromatic carbocycles. The number of fused-ring (bicyclic) bond motifs is 1. The number of benzene rings is 1. The summed E-state index contributed by atoms with van der Waals surface area (Å²) in [5.74, 6) is 0.800. The lowest BCUT2D eigenvalue weighted by atomic mass is 10.0. The fourth-order valence-electron chi connectivity index (χ4n) is 3.50. The molecule has 134 valence electrons. The van der Waals surface area contributed by atoms with Gasteiger partial charge in [0, 0.05) is 24.0 Å². The summed E-state index contributed by atoms with van der Waals surface area (Å²) in [5, 5.41) is 4.41. The highest BCUT2D eigenvalue weighted by Gasteiger charge is 2.15. The van der Waals surface area contributed by atoms with E-state index in [2.05, 4.69) is 22.1 Å². The molecular formula is C20H26ClN3O. The second-order valence-electron chi connectivity index (χ2n) is 7.05. The number of nitrogens with one attached hydrogen (secondary N) is 1. The van der Waals surface area contributed by atoms with Crippen LogP contribution in [-0.4, -0.2) is 42.0 Å². The van der Waals surface area contributed by atoms with Gasteiger partial charge in [-0.3, -0.25) is 4.79 Å². The molecule has 4 nitrogen and oxygen atoms in total. The first kappa shape index (κ1) is 18.2. The number of amides is 1. The predicted octanol–water partition coefficient (Wildman–Crippen LogP) is 4.13. The number of aromatic nitrogens is 1. The number of hydrogen-bond acceptors (Lipinski definition) is 3. The number of halogens is 1. The largest absolute Gasteiger partial charge is 0.352 e. The molecule has 1 unspecified atom stereocenters. The van der Waals surface area contributed by atoms with Crippen LogP contribution in [0.3, 0.4) is 0 Å². The van der Waals surface area contributed by atoms with Crippen LogP contribution in [0, 0.1) is 5.92 Å². The Morgan fingerprint density at radius 2 is 2.20 bits per heavy atom. The topological polar surface area (TPSA) is 45.2 Å². The Labute approximate surface area is 154 Å². The summed E-state index contributed by atoms with van der Waals surface area (Å²) in [4.78, 5) is 19.1. The van der Waals surface area contributed by atoms with Crippen LogP contribution in [-0.2, 0) is 0 Å². The van der Waals surface area contributed by atoms with Gasteiger partial charge in [-0.25, -0.2) is 4.98 Å². The quantitative estimate of drug-likeness (QED) is 0.623. The minimum Gasteiger partial charge on any atom is -0.352 e. The highest BCUT2D eigenvalue weighted by atomic mass is 35.5. The van der Waals surface area contributed by atoms with Gasteiger partial charge in [0.1, 0.15) is 5.15 Å². The number of nitrogens with zero attached hydrogens (tertiary/aromatic N) is 2. The molecule has 1 aliphatic rings. The number of likely N-dealkylation sites (tertiary alicyclic amines) is 1. The summed E-state index contributed by atoms with van der Waals surface area (Å²) >= 11 is 5.89. The Morgan fingerprint density at radius 3 is 3.04 bits per heavy atom. The summed E-state index contributed by atoms with van der Waals surface area (Å²) in [6.07, 6.45) is 4.83. The molecule has 1 N–H and O–H groups in total. The average Bonchev–Trinajstić information content (AvgIpc) is 2.61. The molecule has 0 radical (unpaired) electrons. The molecule has 1 atom stereocenters. The Morgan fingerprint density at radius 1 is 1.32 bits per heavy atom. The average molecular weight is 360 g/mol. The van der Waals surface area contributed by atoms with Crippen LogP contribution in [0.4, 0.5) is 0 Å². The van der Waals surface area contributed by atoms with E-state index in [9.17, 15) is 4.79 Å². The minimum absolute atomic E-state index is 0.0246. The first-order valence-corrected chi connectivity index (χ1v) is 9.56. The molecule has 1 aromatic heterocycles. The van der Waals surface area contributed by atoms with E-state index in [0.29, 0.717) is 10.7 Å². The van der Waals surface area contributed by atoms with E-state index in [4.69, 9.17) is 11.6 Å². The summed E-state index contributed by atoms with van der Waals surface area (Å²) < 4.78 is 0. The third-order valence-electron chi connectivity index (χ3n) is 4.85. The smallest absolute Gasteiger partial charge is 0.251 e. The second kappa shape index (κ2) is 8.63. The van der Waals surface area contributed by atoms with Crippen molar-refractivity contribution in [1.82, 2.24) is 15.2 Å². The van der Waals surface area contributed by atoms with Crippen molar-refractivity contribution in [2.45, 2.75) is 32.6 Å². The number of piperidine rings is 1. The maximum atomic E-state index is 12.3. The highest BCUT2D eigenvalue weighted by molar-refractivity contribution is 6.29. The number of unbranched alkanes of at least 4 members (excludes halogenated alkanes) is 1. The van der Waals surface area contributed by atoms with Crippen LogP contribution in [0.25, 0.3) is 10.9 Å². The molecule has 0 aliphatic carbocycles. The van der Waals surface area contributed by atoms with Crippen LogP contribution in [0.15, 0.2) is 30.3 Å². The molecule has 2 aromatic rings. The maximum Gasteiger partial charge on any atom is 0.251 e. The molecule has 2 heterocycles. The Kier molecular flexibility index (Phi) is 6.27. The number of carbonyl (C=O) groups excluding carboxylic acids is 1. The standard InChI is InChI=1S/C20H26ClN3O/c1-15-5-4-12-24(14-15)11-3-2-10-22-20(25)17-6-8-18-16(13-17)7-9-19(21)23-18/h6-9,13,15H,2-5,10-12,14H2,1H3,(H,22,25). The molecule has 25 heavy (non-hydrogen) atoms. The van der Waals surface area contributed by atoms with E-state index in [-0.39, 0.29) is 5.91 Å². The Hall–Kier alpha value is -1.65. The molecule has 5 heteroatoms. The Bertz CT molecular complexity index is 734. The molecule has 1 saturated heterocycles. The summed E-state index contributed by atoms with van der Waals surface area (Å²) in [5.41, 5.74) is 1.47. The van der Waals surface area contributed by atoms with Crippen molar-refractivity contribution < 1.29 is 4.79 Å². The van der Waals surface area contributed by atoms with Crippen molar-refractivity contribution in [3.63, 3.8) is 0 Å². The fourth-order valence-corrected chi connectivity index (χ4v) is 3.65. The van der Waals surface area contributed by atoms with Crippen molar-refractivity contribution in [2.24, 2.45) is 5.92 Å². The molecule has 1 amide bonds. The van der Waals surface area contributed by atoms with Gasteiger partial charge in [-0.15, -0.1) is 0 Å². The number of carbonyl (C=O) groups is 1. The molecule has 0 bridgehead atoms. The van der Waals surface area contributed by atoms with Gasteiger partial charge < -0.3 is 10.2 Å². The molecular weight excluding hydrogens is 334 g/mol. The van der Waals surface area contributed by atoms with E-state index in [1.54, 1.807) is 12.1 Å². The van der Waals surface area contributed by atoms with Crippen molar-refractivity contribution in [3.05, 3.63) is 41.0 Å².